The van der Waals surface area contributed by atoms with Gasteiger partial charge in [-0.15, -0.1) is 11.3 Å². The standard InChI is InChI=1S/C22H21N5O3S/c1-5-13-6-8-14(9-7-13)17-16(12(3)28)11(2)24-22-18(17)19(23)20(31-22)21(29)25-15-10-27(4)26-30-15/h6-10H,5H2,1-4H3,(H2-,23,25,26,29). The minimum absolute atomic E-state index is 0.0771. The SMILES string of the molecule is CCc1ccc(-c2c(C(C)=O)c(C)nc3sc(/C([O-])=N/c4c[n+](C)no4)c(N)c23)cc1. The second-order valence-electron chi connectivity index (χ2n) is 7.21. The number of pyridine rings is 1. The van der Waals surface area contributed by atoms with Gasteiger partial charge in [-0.2, -0.15) is 0 Å². The Labute approximate surface area is 182 Å². The molecule has 31 heavy (non-hydrogen) atoms. The summed E-state index contributed by atoms with van der Waals surface area (Å²) in [7, 11) is 1.66. The maximum Gasteiger partial charge on any atom is 0.320 e. The number of rotatable bonds is 5. The monoisotopic (exact) mass is 435 g/mol. The number of nitrogens with zero attached hydrogens (tertiary/aromatic N) is 4. The zero-order valence-corrected chi connectivity index (χ0v) is 18.4. The van der Waals surface area contributed by atoms with E-state index in [9.17, 15) is 9.90 Å². The highest BCUT2D eigenvalue weighted by Gasteiger charge is 2.23. The molecule has 0 atom stereocenters. The van der Waals surface area contributed by atoms with Crippen molar-refractivity contribution in [1.29, 1.82) is 0 Å². The number of carbonyl (C=O) groups is 1. The number of nitrogen functional groups attached to an aromatic ring is 1. The highest BCUT2D eigenvalue weighted by molar-refractivity contribution is 7.21. The second kappa shape index (κ2) is 7.92. The number of Topliss-reactive ketones (excluding diaryl/α,β-unsaturated/α-hetero) is 1. The minimum atomic E-state index is -0.549. The van der Waals surface area contributed by atoms with Crippen molar-refractivity contribution in [2.75, 3.05) is 5.73 Å². The van der Waals surface area contributed by atoms with Gasteiger partial charge in [-0.25, -0.2) is 9.98 Å². The van der Waals surface area contributed by atoms with Crippen molar-refractivity contribution in [3.05, 3.63) is 52.2 Å². The number of hydrogen-bond donors (Lipinski definition) is 1. The zero-order chi connectivity index (χ0) is 22.3. The van der Waals surface area contributed by atoms with E-state index >= 15 is 0 Å². The van der Waals surface area contributed by atoms with E-state index in [4.69, 9.17) is 10.3 Å². The van der Waals surface area contributed by atoms with Crippen LogP contribution in [0.4, 0.5) is 11.6 Å². The van der Waals surface area contributed by atoms with Gasteiger partial charge in [-0.1, -0.05) is 35.9 Å². The maximum atomic E-state index is 12.8. The number of fused-ring (bicyclic) bond motifs is 1. The van der Waals surface area contributed by atoms with Gasteiger partial charge in [0.25, 0.3) is 6.20 Å². The lowest BCUT2D eigenvalue weighted by Gasteiger charge is -2.13. The van der Waals surface area contributed by atoms with Gasteiger partial charge in [-0.05, 0) is 31.4 Å². The molecule has 0 spiro atoms. The molecule has 0 fully saturated rings. The first kappa shape index (κ1) is 20.7. The van der Waals surface area contributed by atoms with E-state index in [0.717, 1.165) is 23.3 Å². The van der Waals surface area contributed by atoms with Gasteiger partial charge in [0.15, 0.2) is 18.1 Å². The van der Waals surface area contributed by atoms with Gasteiger partial charge in [0.1, 0.15) is 4.83 Å². The van der Waals surface area contributed by atoms with Crippen LogP contribution in [-0.4, -0.2) is 21.9 Å². The van der Waals surface area contributed by atoms with Gasteiger partial charge >= 0.3 is 5.88 Å². The van der Waals surface area contributed by atoms with E-state index in [0.29, 0.717) is 27.0 Å². The molecule has 4 aromatic rings. The lowest BCUT2D eigenvalue weighted by atomic mass is 9.92. The molecule has 0 saturated carbocycles. The average Bonchev–Trinajstić information content (AvgIpc) is 3.29. The number of nitrogens with two attached hydrogens (primary N) is 1. The Bertz CT molecular complexity index is 1340. The molecule has 0 amide bonds. The van der Waals surface area contributed by atoms with Crippen LogP contribution in [0.1, 0.15) is 40.3 Å². The summed E-state index contributed by atoms with van der Waals surface area (Å²) in [5, 5.41) is 17.1. The first-order valence-corrected chi connectivity index (χ1v) is 10.5. The van der Waals surface area contributed by atoms with Crippen LogP contribution in [0.2, 0.25) is 0 Å². The van der Waals surface area contributed by atoms with Gasteiger partial charge in [0, 0.05) is 22.4 Å². The molecule has 4 rings (SSSR count). The molecule has 0 aliphatic rings. The summed E-state index contributed by atoms with van der Waals surface area (Å²) in [5.74, 6) is -0.585. The van der Waals surface area contributed by atoms with E-state index in [1.165, 1.54) is 23.4 Å². The van der Waals surface area contributed by atoms with Crippen molar-refractivity contribution in [2.24, 2.45) is 12.0 Å². The van der Waals surface area contributed by atoms with Gasteiger partial charge in [0.2, 0.25) is 0 Å². The highest BCUT2D eigenvalue weighted by Crippen LogP contribution is 2.42. The Balaban J connectivity index is 1.99. The van der Waals surface area contributed by atoms with Gasteiger partial charge < -0.3 is 10.8 Å². The van der Waals surface area contributed by atoms with E-state index in [-0.39, 0.29) is 22.2 Å². The van der Waals surface area contributed by atoms with Crippen LogP contribution in [0.5, 0.6) is 0 Å². The first-order valence-electron chi connectivity index (χ1n) is 9.71. The Kier molecular flexibility index (Phi) is 5.28. The minimum Gasteiger partial charge on any atom is -0.857 e. The van der Waals surface area contributed by atoms with Crippen LogP contribution < -0.4 is 15.5 Å². The average molecular weight is 436 g/mol. The van der Waals surface area contributed by atoms with Gasteiger partial charge in [0.05, 0.1) is 16.3 Å². The zero-order valence-electron chi connectivity index (χ0n) is 17.6. The summed E-state index contributed by atoms with van der Waals surface area (Å²) in [4.78, 5) is 21.9. The van der Waals surface area contributed by atoms with Crippen LogP contribution in [0.3, 0.4) is 0 Å². The fourth-order valence-electron chi connectivity index (χ4n) is 3.56. The van der Waals surface area contributed by atoms with Crippen molar-refractivity contribution >= 4 is 44.8 Å². The molecule has 9 heteroatoms. The van der Waals surface area contributed by atoms with E-state index in [1.54, 1.807) is 14.0 Å². The smallest absolute Gasteiger partial charge is 0.320 e. The number of anilines is 1. The molecule has 0 bridgehead atoms. The summed E-state index contributed by atoms with van der Waals surface area (Å²) in [6.07, 6.45) is 2.39. The van der Waals surface area contributed by atoms with E-state index in [2.05, 4.69) is 22.2 Å². The molecule has 158 valence electrons. The Morgan fingerprint density at radius 1 is 1.32 bits per heavy atom. The number of carbonyl (C=O) groups excluding carboxylic acids is 1. The molecule has 3 heterocycles. The topological polar surface area (TPSA) is 121 Å². The molecule has 0 aliphatic heterocycles. The third-order valence-corrected chi connectivity index (χ3v) is 6.11. The summed E-state index contributed by atoms with van der Waals surface area (Å²) in [6, 6.07) is 7.98. The molecule has 8 nitrogen and oxygen atoms in total. The lowest BCUT2D eigenvalue weighted by Crippen LogP contribution is -2.27. The molecule has 0 unspecified atom stereocenters. The molecule has 3 aromatic heterocycles. The van der Waals surface area contributed by atoms with Crippen molar-refractivity contribution in [2.45, 2.75) is 27.2 Å². The Hall–Kier alpha value is -3.59. The van der Waals surface area contributed by atoms with Crippen LogP contribution in [0, 0.1) is 6.92 Å². The number of thiophene rings is 1. The predicted octanol–water partition coefficient (Wildman–Crippen LogP) is 2.87. The van der Waals surface area contributed by atoms with Crippen LogP contribution in [0.25, 0.3) is 21.3 Å². The van der Waals surface area contributed by atoms with E-state index in [1.807, 2.05) is 24.3 Å². The summed E-state index contributed by atoms with van der Waals surface area (Å²) in [6.45, 7) is 5.38. The quantitative estimate of drug-likeness (QED) is 0.223. The number of aromatic nitrogens is 3. The fraction of sp³-hybridized carbons (Fsp3) is 0.227. The fourth-order valence-corrected chi connectivity index (χ4v) is 4.60. The van der Waals surface area contributed by atoms with Crippen LogP contribution in [-0.2, 0) is 13.5 Å². The number of ketones is 1. The highest BCUT2D eigenvalue weighted by atomic mass is 32.1. The Morgan fingerprint density at radius 2 is 2.03 bits per heavy atom. The molecule has 0 radical (unpaired) electrons. The van der Waals surface area contributed by atoms with Crippen molar-refractivity contribution in [3.63, 3.8) is 0 Å². The molecule has 0 saturated heterocycles. The summed E-state index contributed by atoms with van der Waals surface area (Å²) < 4.78 is 6.39. The molecular formula is C22H21N5O3S. The van der Waals surface area contributed by atoms with Crippen molar-refractivity contribution < 1.29 is 19.1 Å². The number of benzene rings is 1. The van der Waals surface area contributed by atoms with Crippen LogP contribution in [0.15, 0.2) is 40.0 Å². The normalized spacial score (nSPS) is 11.9. The summed E-state index contributed by atoms with van der Waals surface area (Å²) in [5.41, 5.74) is 10.5. The third kappa shape index (κ3) is 3.68. The number of aliphatic imine (C=N–C) groups is 1. The van der Waals surface area contributed by atoms with Crippen LogP contribution >= 0.6 is 11.3 Å². The third-order valence-electron chi connectivity index (χ3n) is 5.03. The maximum absolute atomic E-state index is 12.8. The van der Waals surface area contributed by atoms with Crippen molar-refractivity contribution in [1.82, 2.24) is 10.3 Å². The number of hydrogen-bond acceptors (Lipinski definition) is 8. The second-order valence-corrected chi connectivity index (χ2v) is 8.21. The number of aryl methyl sites for hydroxylation is 3. The molecule has 1 aromatic carbocycles. The molecular weight excluding hydrogens is 414 g/mol. The largest absolute Gasteiger partial charge is 0.857 e. The first-order chi connectivity index (χ1) is 14.8. The lowest BCUT2D eigenvalue weighted by molar-refractivity contribution is -0.739. The Morgan fingerprint density at radius 3 is 2.61 bits per heavy atom. The summed E-state index contributed by atoms with van der Waals surface area (Å²) >= 11 is 1.15. The van der Waals surface area contributed by atoms with Crippen molar-refractivity contribution in [3.8, 4) is 11.1 Å². The molecule has 0 aliphatic carbocycles. The van der Waals surface area contributed by atoms with E-state index < -0.39 is 5.90 Å². The molecule has 2 N–H and O–H groups in total. The predicted molar refractivity (Wildman–Crippen MR) is 117 cm³/mol. The van der Waals surface area contributed by atoms with Gasteiger partial charge in [-0.3, -0.25) is 9.32 Å².